The maximum absolute atomic E-state index is 13.8. The number of Topliss-reactive ketones (excluding diaryl/α,β-unsaturated/α-hetero) is 1. The van der Waals surface area contributed by atoms with E-state index in [1.807, 2.05) is 26.0 Å². The molecule has 1 aliphatic heterocycles. The number of carbonyl (C=O) groups excluding carboxylic acids is 3. The van der Waals surface area contributed by atoms with E-state index < -0.39 is 12.0 Å². The number of hydrogen-bond acceptors (Lipinski definition) is 5. The van der Waals surface area contributed by atoms with Crippen LogP contribution in [0.2, 0.25) is 10.0 Å². The van der Waals surface area contributed by atoms with E-state index >= 15 is 0 Å². The molecule has 2 heterocycles. The number of rotatable bonds is 5. The number of ketones is 1. The molecule has 0 bridgehead atoms. The van der Waals surface area contributed by atoms with Crippen molar-refractivity contribution in [3.8, 4) is 0 Å². The van der Waals surface area contributed by atoms with Crippen LogP contribution in [-0.4, -0.2) is 34.8 Å². The number of halogens is 2. The van der Waals surface area contributed by atoms with Crippen molar-refractivity contribution in [1.82, 2.24) is 10.3 Å². The number of hydrogen-bond donors (Lipinski definition) is 1. The zero-order chi connectivity index (χ0) is 28.6. The summed E-state index contributed by atoms with van der Waals surface area (Å²) < 4.78 is 0. The lowest BCUT2D eigenvalue weighted by atomic mass is 9.68. The standard InChI is InChI=1S/C31H30Cl2N4O3/c1-18(38)37-28-22(30(40)35-14-11-19-9-12-34-13-10-19)5-4-6-24(28)36-25-16-31(2,3)17-26(39)27(25)29(37)21-8-7-20(32)15-23(21)33/h4-10,12-13,15,27,29H,11,14,16-17H2,1-3H3,(H,35,40). The van der Waals surface area contributed by atoms with Crippen LogP contribution in [0.3, 0.4) is 0 Å². The highest BCUT2D eigenvalue weighted by Crippen LogP contribution is 2.50. The summed E-state index contributed by atoms with van der Waals surface area (Å²) >= 11 is 12.9. The predicted octanol–water partition coefficient (Wildman–Crippen LogP) is 6.55. The average Bonchev–Trinajstić information content (AvgIpc) is 3.02. The minimum Gasteiger partial charge on any atom is -0.352 e. The smallest absolute Gasteiger partial charge is 0.253 e. The maximum atomic E-state index is 13.8. The van der Waals surface area contributed by atoms with Crippen LogP contribution in [0.15, 0.2) is 65.9 Å². The molecule has 0 radical (unpaired) electrons. The number of benzene rings is 2. The first-order valence-electron chi connectivity index (χ1n) is 13.2. The molecule has 5 rings (SSSR count). The second-order valence-electron chi connectivity index (χ2n) is 11.1. The van der Waals surface area contributed by atoms with E-state index in [2.05, 4.69) is 10.3 Å². The van der Waals surface area contributed by atoms with Crippen LogP contribution < -0.4 is 10.2 Å². The molecule has 2 unspecified atom stereocenters. The molecule has 1 saturated carbocycles. The molecule has 9 heteroatoms. The van der Waals surface area contributed by atoms with Crippen LogP contribution >= 0.6 is 23.2 Å². The number of anilines is 1. The summed E-state index contributed by atoms with van der Waals surface area (Å²) in [4.78, 5) is 51.5. The molecule has 2 atom stereocenters. The third kappa shape index (κ3) is 5.54. The first-order chi connectivity index (χ1) is 19.1. The van der Waals surface area contributed by atoms with E-state index in [0.717, 1.165) is 5.56 Å². The van der Waals surface area contributed by atoms with Gasteiger partial charge in [-0.2, -0.15) is 0 Å². The lowest BCUT2D eigenvalue weighted by Gasteiger charge is -2.41. The number of aliphatic imine (C=N–C) groups is 1. The lowest BCUT2D eigenvalue weighted by molar-refractivity contribution is -0.124. The fourth-order valence-corrected chi connectivity index (χ4v) is 6.30. The fraction of sp³-hybridized carbons (Fsp3) is 0.323. The monoisotopic (exact) mass is 576 g/mol. The Morgan fingerprint density at radius 3 is 2.52 bits per heavy atom. The van der Waals surface area contributed by atoms with Gasteiger partial charge in [-0.05, 0) is 65.8 Å². The quantitative estimate of drug-likeness (QED) is 0.373. The average molecular weight is 578 g/mol. The Hall–Kier alpha value is -3.55. The second-order valence-corrected chi connectivity index (χ2v) is 11.9. The molecule has 1 aliphatic carbocycles. The lowest BCUT2D eigenvalue weighted by Crippen LogP contribution is -2.47. The van der Waals surface area contributed by atoms with E-state index in [1.165, 1.54) is 11.8 Å². The van der Waals surface area contributed by atoms with Crippen molar-refractivity contribution in [1.29, 1.82) is 0 Å². The third-order valence-corrected chi connectivity index (χ3v) is 8.01. The van der Waals surface area contributed by atoms with Crippen molar-refractivity contribution < 1.29 is 14.4 Å². The molecule has 3 aromatic rings. The predicted molar refractivity (Wildman–Crippen MR) is 158 cm³/mol. The number of aromatic nitrogens is 1. The largest absolute Gasteiger partial charge is 0.352 e. The minimum atomic E-state index is -0.795. The Balaban J connectivity index is 1.64. The van der Waals surface area contributed by atoms with Gasteiger partial charge in [0.25, 0.3) is 5.91 Å². The number of nitrogens with zero attached hydrogens (tertiary/aromatic N) is 3. The van der Waals surface area contributed by atoms with Gasteiger partial charge in [0.1, 0.15) is 5.78 Å². The molecule has 2 aromatic carbocycles. The Morgan fingerprint density at radius 1 is 1.07 bits per heavy atom. The minimum absolute atomic E-state index is 0.0200. The van der Waals surface area contributed by atoms with Crippen LogP contribution in [0, 0.1) is 11.3 Å². The van der Waals surface area contributed by atoms with Gasteiger partial charge in [0, 0.05) is 48.0 Å². The van der Waals surface area contributed by atoms with E-state index in [-0.39, 0.29) is 23.0 Å². The molecule has 0 spiro atoms. The van der Waals surface area contributed by atoms with Crippen molar-refractivity contribution in [3.63, 3.8) is 0 Å². The van der Waals surface area contributed by atoms with Crippen molar-refractivity contribution in [2.75, 3.05) is 11.4 Å². The molecule has 2 aliphatic rings. The first-order valence-corrected chi connectivity index (χ1v) is 14.0. The number of para-hydroxylation sites is 1. The van der Waals surface area contributed by atoms with E-state index in [4.69, 9.17) is 28.2 Å². The molecular weight excluding hydrogens is 547 g/mol. The summed E-state index contributed by atoms with van der Waals surface area (Å²) in [6.45, 7) is 5.90. The highest BCUT2D eigenvalue weighted by Gasteiger charge is 2.48. The van der Waals surface area contributed by atoms with E-state index in [0.29, 0.717) is 64.1 Å². The number of pyridine rings is 1. The molecule has 2 amide bonds. The van der Waals surface area contributed by atoms with Gasteiger partial charge in [0.15, 0.2) is 0 Å². The number of fused-ring (bicyclic) bond motifs is 2. The summed E-state index contributed by atoms with van der Waals surface area (Å²) in [5, 5.41) is 3.76. The molecule has 0 saturated heterocycles. The third-order valence-electron chi connectivity index (χ3n) is 7.45. The maximum Gasteiger partial charge on any atom is 0.253 e. The zero-order valence-corrected chi connectivity index (χ0v) is 24.1. The molecule has 206 valence electrons. The summed E-state index contributed by atoms with van der Waals surface area (Å²) in [7, 11) is 0. The molecule has 40 heavy (non-hydrogen) atoms. The van der Waals surface area contributed by atoms with Crippen LogP contribution in [0.4, 0.5) is 11.4 Å². The van der Waals surface area contributed by atoms with Gasteiger partial charge in [-0.3, -0.25) is 24.4 Å². The number of amides is 2. The summed E-state index contributed by atoms with van der Waals surface area (Å²) in [6, 6.07) is 13.3. The first kappa shape index (κ1) is 28.0. The Labute approximate surface area is 243 Å². The second kappa shape index (κ2) is 11.1. The van der Waals surface area contributed by atoms with Gasteiger partial charge in [0.05, 0.1) is 28.9 Å². The van der Waals surface area contributed by atoms with Crippen molar-refractivity contribution >= 4 is 57.9 Å². The highest BCUT2D eigenvalue weighted by atomic mass is 35.5. The summed E-state index contributed by atoms with van der Waals surface area (Å²) in [5.74, 6) is -1.41. The Morgan fingerprint density at radius 2 is 1.82 bits per heavy atom. The van der Waals surface area contributed by atoms with Gasteiger partial charge in [-0.15, -0.1) is 0 Å². The van der Waals surface area contributed by atoms with E-state index in [1.54, 1.807) is 48.8 Å². The molecule has 7 nitrogen and oxygen atoms in total. The number of carbonyl (C=O) groups is 3. The summed E-state index contributed by atoms with van der Waals surface area (Å²) in [6.07, 6.45) is 4.95. The number of nitrogens with one attached hydrogen (secondary N) is 1. The van der Waals surface area contributed by atoms with Crippen molar-refractivity contribution in [3.05, 3.63) is 87.7 Å². The fourth-order valence-electron chi connectivity index (χ4n) is 5.78. The SMILES string of the molecule is CC(=O)N1c2c(cccc2C(=O)NCCc2ccncc2)N=C2CC(C)(C)CC(=O)C2C1c1ccc(Cl)cc1Cl. The van der Waals surface area contributed by atoms with Crippen LogP contribution in [-0.2, 0) is 16.0 Å². The van der Waals surface area contributed by atoms with Gasteiger partial charge in [0.2, 0.25) is 5.91 Å². The molecular formula is C31H30Cl2N4O3. The Kier molecular flexibility index (Phi) is 7.80. The molecule has 1 N–H and O–H groups in total. The van der Waals surface area contributed by atoms with Crippen LogP contribution in [0.25, 0.3) is 0 Å². The van der Waals surface area contributed by atoms with Gasteiger partial charge < -0.3 is 10.2 Å². The van der Waals surface area contributed by atoms with Gasteiger partial charge >= 0.3 is 0 Å². The molecule has 1 aromatic heterocycles. The Bertz CT molecular complexity index is 1520. The zero-order valence-electron chi connectivity index (χ0n) is 22.6. The van der Waals surface area contributed by atoms with E-state index in [9.17, 15) is 14.4 Å². The van der Waals surface area contributed by atoms with Crippen LogP contribution in [0.5, 0.6) is 0 Å². The highest BCUT2D eigenvalue weighted by molar-refractivity contribution is 6.35. The van der Waals surface area contributed by atoms with Gasteiger partial charge in [-0.1, -0.05) is 49.2 Å². The normalized spacial score (nSPS) is 19.7. The van der Waals surface area contributed by atoms with Crippen molar-refractivity contribution in [2.24, 2.45) is 16.3 Å². The topological polar surface area (TPSA) is 91.7 Å². The summed E-state index contributed by atoms with van der Waals surface area (Å²) in [5.41, 5.74) is 3.13. The van der Waals surface area contributed by atoms with Crippen molar-refractivity contribution in [2.45, 2.75) is 46.1 Å². The van der Waals surface area contributed by atoms with Gasteiger partial charge in [-0.25, -0.2) is 0 Å². The van der Waals surface area contributed by atoms with Crippen LogP contribution in [0.1, 0.15) is 61.1 Å². The molecule has 1 fully saturated rings.